The third kappa shape index (κ3) is 1.79. The van der Waals surface area contributed by atoms with Crippen LogP contribution >= 0.6 is 0 Å². The first-order chi connectivity index (χ1) is 5.11. The van der Waals surface area contributed by atoms with Crippen LogP contribution in [0.2, 0.25) is 0 Å². The average molecular weight is 150 g/mol. The predicted molar refractivity (Wildman–Crippen MR) is 46.4 cm³/mol. The van der Waals surface area contributed by atoms with Gasteiger partial charge in [0.05, 0.1) is 0 Å². The number of carbonyl (C=O) groups is 1. The van der Waals surface area contributed by atoms with Crippen LogP contribution in [0.1, 0.15) is 33.6 Å². The molecule has 0 bridgehead atoms. The Bertz CT molecular complexity index is 240. The quantitative estimate of drug-likeness (QED) is 0.561. The molecule has 0 N–H and O–H groups in total. The molecule has 0 aromatic heterocycles. The molecule has 1 nitrogen and oxygen atoms in total. The van der Waals surface area contributed by atoms with Gasteiger partial charge in [-0.1, -0.05) is 11.6 Å². The van der Waals surface area contributed by atoms with Gasteiger partial charge in [0.25, 0.3) is 0 Å². The molecule has 0 aliphatic heterocycles. The normalized spacial score (nSPS) is 17.5. The molecule has 11 heavy (non-hydrogen) atoms. The molecule has 0 aromatic rings. The zero-order chi connectivity index (χ0) is 8.43. The van der Waals surface area contributed by atoms with Crippen LogP contribution in [-0.2, 0) is 4.79 Å². The van der Waals surface area contributed by atoms with E-state index < -0.39 is 0 Å². The molecule has 1 rings (SSSR count). The SMILES string of the molecule is CC(C)=CC1=C(C)C(=O)CC1. The Morgan fingerprint density at radius 1 is 1.36 bits per heavy atom. The first-order valence-corrected chi connectivity index (χ1v) is 3.99. The van der Waals surface area contributed by atoms with E-state index in [1.54, 1.807) is 0 Å². The molecule has 1 aliphatic rings. The molecule has 0 saturated heterocycles. The smallest absolute Gasteiger partial charge is 0.159 e. The monoisotopic (exact) mass is 150 g/mol. The minimum absolute atomic E-state index is 0.317. The highest BCUT2D eigenvalue weighted by Crippen LogP contribution is 2.24. The number of allylic oxidation sites excluding steroid dienone is 4. The minimum atomic E-state index is 0.317. The molecule has 0 saturated carbocycles. The second-order valence-corrected chi connectivity index (χ2v) is 3.30. The number of rotatable bonds is 1. The van der Waals surface area contributed by atoms with Gasteiger partial charge in [0.1, 0.15) is 0 Å². The maximum absolute atomic E-state index is 11.1. The fourth-order valence-corrected chi connectivity index (χ4v) is 1.33. The molecule has 0 amide bonds. The number of hydrogen-bond acceptors (Lipinski definition) is 1. The summed E-state index contributed by atoms with van der Waals surface area (Å²) in [6.07, 6.45) is 3.76. The van der Waals surface area contributed by atoms with Crippen LogP contribution < -0.4 is 0 Å². The van der Waals surface area contributed by atoms with Crippen LogP contribution in [0.3, 0.4) is 0 Å². The van der Waals surface area contributed by atoms with E-state index in [1.807, 2.05) is 6.92 Å². The molecule has 0 heterocycles. The van der Waals surface area contributed by atoms with Crippen molar-refractivity contribution < 1.29 is 4.79 Å². The fourth-order valence-electron chi connectivity index (χ4n) is 1.33. The zero-order valence-corrected chi connectivity index (χ0v) is 7.40. The van der Waals surface area contributed by atoms with Gasteiger partial charge in [-0.3, -0.25) is 4.79 Å². The number of hydrogen-bond donors (Lipinski definition) is 0. The first kappa shape index (κ1) is 8.25. The van der Waals surface area contributed by atoms with Crippen molar-refractivity contribution in [2.45, 2.75) is 33.6 Å². The number of carbonyl (C=O) groups excluding carboxylic acids is 1. The van der Waals surface area contributed by atoms with Crippen LogP contribution in [-0.4, -0.2) is 5.78 Å². The summed E-state index contributed by atoms with van der Waals surface area (Å²) in [5.41, 5.74) is 3.47. The van der Waals surface area contributed by atoms with Crippen LogP contribution in [0.15, 0.2) is 22.8 Å². The van der Waals surface area contributed by atoms with Gasteiger partial charge >= 0.3 is 0 Å². The molecule has 60 valence electrons. The van der Waals surface area contributed by atoms with Crippen molar-refractivity contribution in [2.75, 3.05) is 0 Å². The third-order valence-corrected chi connectivity index (χ3v) is 1.98. The van der Waals surface area contributed by atoms with E-state index in [0.717, 1.165) is 12.0 Å². The minimum Gasteiger partial charge on any atom is -0.295 e. The van der Waals surface area contributed by atoms with Gasteiger partial charge in [0, 0.05) is 6.42 Å². The maximum Gasteiger partial charge on any atom is 0.159 e. The first-order valence-electron chi connectivity index (χ1n) is 3.99. The van der Waals surface area contributed by atoms with Gasteiger partial charge in [-0.15, -0.1) is 0 Å². The molecule has 1 aliphatic carbocycles. The molecule has 0 radical (unpaired) electrons. The maximum atomic E-state index is 11.1. The third-order valence-electron chi connectivity index (χ3n) is 1.98. The largest absolute Gasteiger partial charge is 0.295 e. The molecular weight excluding hydrogens is 136 g/mol. The van der Waals surface area contributed by atoms with Gasteiger partial charge in [-0.2, -0.15) is 0 Å². The van der Waals surface area contributed by atoms with Crippen molar-refractivity contribution in [1.82, 2.24) is 0 Å². The van der Waals surface area contributed by atoms with E-state index in [1.165, 1.54) is 11.1 Å². The van der Waals surface area contributed by atoms with E-state index in [2.05, 4.69) is 19.9 Å². The van der Waals surface area contributed by atoms with E-state index >= 15 is 0 Å². The summed E-state index contributed by atoms with van der Waals surface area (Å²) in [5.74, 6) is 0.317. The zero-order valence-electron chi connectivity index (χ0n) is 7.40. The van der Waals surface area contributed by atoms with Gasteiger partial charge in [-0.05, 0) is 38.3 Å². The highest BCUT2D eigenvalue weighted by Gasteiger charge is 2.16. The Morgan fingerprint density at radius 2 is 2.00 bits per heavy atom. The van der Waals surface area contributed by atoms with Crippen molar-refractivity contribution >= 4 is 5.78 Å². The molecule has 0 aromatic carbocycles. The van der Waals surface area contributed by atoms with E-state index in [9.17, 15) is 4.79 Å². The predicted octanol–water partition coefficient (Wildman–Crippen LogP) is 2.63. The van der Waals surface area contributed by atoms with Crippen LogP contribution in [0.25, 0.3) is 0 Å². The summed E-state index contributed by atoms with van der Waals surface area (Å²) in [6, 6.07) is 0. The summed E-state index contributed by atoms with van der Waals surface area (Å²) >= 11 is 0. The lowest BCUT2D eigenvalue weighted by Gasteiger charge is -1.94. The summed E-state index contributed by atoms with van der Waals surface area (Å²) in [6.45, 7) is 6.04. The standard InChI is InChI=1S/C10H14O/c1-7(2)6-9-4-5-10(11)8(9)3/h6H,4-5H2,1-3H3. The topological polar surface area (TPSA) is 17.1 Å². The summed E-state index contributed by atoms with van der Waals surface area (Å²) in [7, 11) is 0. The van der Waals surface area contributed by atoms with Gasteiger partial charge in [0.2, 0.25) is 0 Å². The van der Waals surface area contributed by atoms with Gasteiger partial charge in [-0.25, -0.2) is 0 Å². The van der Waals surface area contributed by atoms with E-state index in [4.69, 9.17) is 0 Å². The van der Waals surface area contributed by atoms with Crippen molar-refractivity contribution in [3.05, 3.63) is 22.8 Å². The molecule has 0 unspecified atom stereocenters. The van der Waals surface area contributed by atoms with Gasteiger partial charge in [0.15, 0.2) is 5.78 Å². The molecule has 1 heteroatoms. The Kier molecular flexibility index (Phi) is 2.28. The number of Topliss-reactive ketones (excluding diaryl/α,β-unsaturated/α-hetero) is 1. The lowest BCUT2D eigenvalue weighted by Crippen LogP contribution is -1.89. The number of ketones is 1. The van der Waals surface area contributed by atoms with Crippen LogP contribution in [0, 0.1) is 0 Å². The highest BCUT2D eigenvalue weighted by atomic mass is 16.1. The van der Waals surface area contributed by atoms with Gasteiger partial charge < -0.3 is 0 Å². The van der Waals surface area contributed by atoms with Crippen molar-refractivity contribution in [3.63, 3.8) is 0 Å². The Labute approximate surface area is 67.8 Å². The Hall–Kier alpha value is -0.850. The van der Waals surface area contributed by atoms with E-state index in [0.29, 0.717) is 12.2 Å². The van der Waals surface area contributed by atoms with E-state index in [-0.39, 0.29) is 0 Å². The second kappa shape index (κ2) is 3.04. The highest BCUT2D eigenvalue weighted by molar-refractivity contribution is 5.98. The van der Waals surface area contributed by atoms with Crippen molar-refractivity contribution in [3.8, 4) is 0 Å². The molecule has 0 spiro atoms. The van der Waals surface area contributed by atoms with Crippen molar-refractivity contribution in [2.24, 2.45) is 0 Å². The summed E-state index contributed by atoms with van der Waals surface area (Å²) in [4.78, 5) is 11.1. The van der Waals surface area contributed by atoms with Crippen molar-refractivity contribution in [1.29, 1.82) is 0 Å². The lowest BCUT2D eigenvalue weighted by molar-refractivity contribution is -0.114. The molecule has 0 atom stereocenters. The fraction of sp³-hybridized carbons (Fsp3) is 0.500. The average Bonchev–Trinajstić information content (AvgIpc) is 2.18. The molecule has 0 fully saturated rings. The molecular formula is C10H14O. The lowest BCUT2D eigenvalue weighted by atomic mass is 10.1. The van der Waals surface area contributed by atoms with Crippen LogP contribution in [0.4, 0.5) is 0 Å². The summed E-state index contributed by atoms with van der Waals surface area (Å²) in [5, 5.41) is 0. The Morgan fingerprint density at radius 3 is 2.36 bits per heavy atom. The second-order valence-electron chi connectivity index (χ2n) is 3.30. The van der Waals surface area contributed by atoms with Crippen LogP contribution in [0.5, 0.6) is 0 Å². The Balaban J connectivity index is 2.89. The summed E-state index contributed by atoms with van der Waals surface area (Å²) < 4.78 is 0.